The van der Waals surface area contributed by atoms with Crippen LogP contribution in [0.2, 0.25) is 0 Å². The lowest BCUT2D eigenvalue weighted by Gasteiger charge is -2.34. The number of rotatable bonds is 8. The fourth-order valence-corrected chi connectivity index (χ4v) is 4.72. The second-order valence-electron chi connectivity index (χ2n) is 9.36. The number of nitrogens with two attached hydrogens (primary N) is 1. The van der Waals surface area contributed by atoms with E-state index in [9.17, 15) is 14.0 Å². The Morgan fingerprint density at radius 3 is 2.81 bits per heavy atom. The summed E-state index contributed by atoms with van der Waals surface area (Å²) in [5.41, 5.74) is 9.16. The first kappa shape index (κ1) is 24.8. The second kappa shape index (κ2) is 10.7. The number of benzene rings is 2. The van der Waals surface area contributed by atoms with Crippen molar-refractivity contribution in [3.05, 3.63) is 60.2 Å². The van der Waals surface area contributed by atoms with E-state index in [0.717, 1.165) is 23.1 Å². The highest BCUT2D eigenvalue weighted by atomic mass is 19.1. The minimum absolute atomic E-state index is 0.0420. The molecule has 11 heteroatoms. The van der Waals surface area contributed by atoms with Gasteiger partial charge in [0, 0.05) is 42.6 Å². The zero-order chi connectivity index (χ0) is 25.9. The number of amides is 2. The third-order valence-electron chi connectivity index (χ3n) is 6.88. The van der Waals surface area contributed by atoms with Crippen LogP contribution in [0.25, 0.3) is 11.1 Å². The Kier molecular flexibility index (Phi) is 7.15. The molecule has 5 N–H and O–H groups in total. The van der Waals surface area contributed by atoms with Crippen molar-refractivity contribution in [3.8, 4) is 16.9 Å². The Hall–Kier alpha value is -3.83. The number of halogens is 1. The molecule has 0 spiro atoms. The number of ether oxygens (including phenoxy) is 1. The summed E-state index contributed by atoms with van der Waals surface area (Å²) in [5.74, 6) is 0.503. The first-order chi connectivity index (χ1) is 18.0. The third-order valence-corrected chi connectivity index (χ3v) is 6.88. The number of likely N-dealkylation sites (tertiary alicyclic amines) is 1. The van der Waals surface area contributed by atoms with Crippen molar-refractivity contribution in [1.29, 1.82) is 0 Å². The Bertz CT molecular complexity index is 1270. The van der Waals surface area contributed by atoms with E-state index in [-0.39, 0.29) is 30.8 Å². The fourth-order valence-electron chi connectivity index (χ4n) is 4.72. The maximum Gasteiger partial charge on any atom is 0.248 e. The molecular formula is C26H29FN6O4. The highest BCUT2D eigenvalue weighted by molar-refractivity contribution is 5.95. The van der Waals surface area contributed by atoms with Gasteiger partial charge in [0.2, 0.25) is 11.8 Å². The number of hydrogen-bond donors (Lipinski definition) is 4. The van der Waals surface area contributed by atoms with Crippen molar-refractivity contribution in [2.75, 3.05) is 25.0 Å². The number of aliphatic hydroxyl groups excluding tert-OH is 1. The number of nitrogens with one attached hydrogen (secondary N) is 2. The summed E-state index contributed by atoms with van der Waals surface area (Å²) in [5, 5.41) is 18.7. The molecule has 2 amide bonds. The maximum absolute atomic E-state index is 14.7. The number of carbonyl (C=O) groups excluding carboxylic acids is 2. The van der Waals surface area contributed by atoms with E-state index >= 15 is 0 Å². The molecule has 2 unspecified atom stereocenters. The van der Waals surface area contributed by atoms with Gasteiger partial charge in [-0.1, -0.05) is 18.2 Å². The van der Waals surface area contributed by atoms with Gasteiger partial charge in [-0.3, -0.25) is 14.7 Å². The fraction of sp³-hybridized carbons (Fsp3) is 0.385. The summed E-state index contributed by atoms with van der Waals surface area (Å²) in [6, 6.07) is 13.1. The number of aromatic amines is 1. The summed E-state index contributed by atoms with van der Waals surface area (Å²) in [4.78, 5) is 29.8. The van der Waals surface area contributed by atoms with E-state index in [1.165, 1.54) is 11.2 Å². The smallest absolute Gasteiger partial charge is 0.248 e. The van der Waals surface area contributed by atoms with Crippen LogP contribution in [0.1, 0.15) is 30.1 Å². The van der Waals surface area contributed by atoms with Crippen LogP contribution >= 0.6 is 0 Å². The third kappa shape index (κ3) is 5.47. The molecule has 1 aliphatic carbocycles. The molecule has 1 aromatic heterocycles. The SMILES string of the molecule is NCc1cc(-c2cccc(NC(=O)C3CC3c3nc[nH]n3)c2)ccc1O[C@H]1CCN(C(=O)CO)C[C@H]1F. The first-order valence-electron chi connectivity index (χ1n) is 12.3. The molecule has 1 aliphatic heterocycles. The van der Waals surface area contributed by atoms with E-state index in [2.05, 4.69) is 20.5 Å². The zero-order valence-corrected chi connectivity index (χ0v) is 20.1. The van der Waals surface area contributed by atoms with Gasteiger partial charge in [0.1, 0.15) is 24.8 Å². The summed E-state index contributed by atoms with van der Waals surface area (Å²) >= 11 is 0. The summed E-state index contributed by atoms with van der Waals surface area (Å²) in [6.45, 7) is -0.231. The molecule has 2 fully saturated rings. The largest absolute Gasteiger partial charge is 0.487 e. The molecule has 0 radical (unpaired) electrons. The van der Waals surface area contributed by atoms with Crippen molar-refractivity contribution < 1.29 is 23.8 Å². The van der Waals surface area contributed by atoms with Gasteiger partial charge in [-0.2, -0.15) is 5.10 Å². The highest BCUT2D eigenvalue weighted by Crippen LogP contribution is 2.46. The first-order valence-corrected chi connectivity index (χ1v) is 12.3. The van der Waals surface area contributed by atoms with Crippen LogP contribution in [0.15, 0.2) is 48.8 Å². The number of H-pyrrole nitrogens is 1. The molecule has 1 saturated carbocycles. The maximum atomic E-state index is 14.7. The Morgan fingerprint density at radius 1 is 1.24 bits per heavy atom. The Balaban J connectivity index is 1.25. The predicted molar refractivity (Wildman–Crippen MR) is 133 cm³/mol. The van der Waals surface area contributed by atoms with Gasteiger partial charge in [-0.25, -0.2) is 9.37 Å². The lowest BCUT2D eigenvalue weighted by Crippen LogP contribution is -2.50. The minimum atomic E-state index is -1.37. The predicted octanol–water partition coefficient (Wildman–Crippen LogP) is 1.98. The van der Waals surface area contributed by atoms with E-state index < -0.39 is 24.8 Å². The van der Waals surface area contributed by atoms with Crippen LogP contribution in [0.3, 0.4) is 0 Å². The number of alkyl halides is 1. The molecular weight excluding hydrogens is 479 g/mol. The minimum Gasteiger partial charge on any atom is -0.487 e. The quantitative estimate of drug-likeness (QED) is 0.364. The normalized spacial score (nSPS) is 22.9. The monoisotopic (exact) mass is 508 g/mol. The molecule has 4 atom stereocenters. The van der Waals surface area contributed by atoms with Crippen LogP contribution in [0, 0.1) is 5.92 Å². The van der Waals surface area contributed by atoms with Crippen LogP contribution in [-0.2, 0) is 16.1 Å². The summed E-state index contributed by atoms with van der Waals surface area (Å²) in [6.07, 6.45) is 0.475. The highest BCUT2D eigenvalue weighted by Gasteiger charge is 2.46. The average Bonchev–Trinajstić information content (AvgIpc) is 3.54. The number of hydrogen-bond acceptors (Lipinski definition) is 7. The van der Waals surface area contributed by atoms with Crippen LogP contribution in [-0.4, -0.2) is 69.0 Å². The molecule has 1 saturated heterocycles. The van der Waals surface area contributed by atoms with Crippen LogP contribution in [0.4, 0.5) is 10.1 Å². The Morgan fingerprint density at radius 2 is 2.08 bits per heavy atom. The standard InChI is InChI=1S/C26H29FN6O4/c27-21-12-33(24(35)13-34)7-6-23(21)37-22-5-4-16(8-17(22)11-28)15-2-1-3-18(9-15)31-26(36)20-10-19(20)25-29-14-30-32-25/h1-5,8-9,14,19-21,23,34H,6-7,10-13,28H2,(H,31,36)(H,29,30,32)/t19?,20?,21-,23+/m1/s1. The van der Waals surface area contributed by atoms with Crippen molar-refractivity contribution in [3.63, 3.8) is 0 Å². The molecule has 0 bridgehead atoms. The number of carbonyl (C=O) groups is 2. The lowest BCUT2D eigenvalue weighted by atomic mass is 10.0. The number of aromatic nitrogens is 3. The van der Waals surface area contributed by atoms with Gasteiger partial charge in [0.15, 0.2) is 12.0 Å². The van der Waals surface area contributed by atoms with Crippen molar-refractivity contribution in [2.45, 2.75) is 37.6 Å². The van der Waals surface area contributed by atoms with Crippen LogP contribution < -0.4 is 15.8 Å². The number of aliphatic hydroxyl groups is 1. The van der Waals surface area contributed by atoms with Gasteiger partial charge in [0.25, 0.3) is 0 Å². The topological polar surface area (TPSA) is 146 Å². The molecule has 2 heterocycles. The summed E-state index contributed by atoms with van der Waals surface area (Å²) < 4.78 is 20.7. The molecule has 3 aromatic rings. The van der Waals surface area contributed by atoms with E-state index in [1.807, 2.05) is 36.4 Å². The van der Waals surface area contributed by atoms with Crippen molar-refractivity contribution >= 4 is 17.5 Å². The molecule has 10 nitrogen and oxygen atoms in total. The number of anilines is 1. The summed E-state index contributed by atoms with van der Waals surface area (Å²) in [7, 11) is 0. The van der Waals surface area contributed by atoms with Gasteiger partial charge in [-0.15, -0.1) is 0 Å². The van der Waals surface area contributed by atoms with Gasteiger partial charge in [-0.05, 0) is 41.8 Å². The molecule has 194 valence electrons. The van der Waals surface area contributed by atoms with Crippen molar-refractivity contribution in [1.82, 2.24) is 20.1 Å². The van der Waals surface area contributed by atoms with Crippen molar-refractivity contribution in [2.24, 2.45) is 11.7 Å². The second-order valence-corrected chi connectivity index (χ2v) is 9.36. The number of nitrogens with zero attached hydrogens (tertiary/aromatic N) is 3. The zero-order valence-electron chi connectivity index (χ0n) is 20.1. The van der Waals surface area contributed by atoms with E-state index in [0.29, 0.717) is 30.2 Å². The molecule has 37 heavy (non-hydrogen) atoms. The van der Waals surface area contributed by atoms with Gasteiger partial charge < -0.3 is 25.8 Å². The Labute approximate surface area is 213 Å². The number of piperidine rings is 1. The molecule has 2 aliphatic rings. The van der Waals surface area contributed by atoms with Gasteiger partial charge in [0.05, 0.1) is 6.54 Å². The molecule has 5 rings (SSSR count). The van der Waals surface area contributed by atoms with E-state index in [4.69, 9.17) is 15.6 Å². The van der Waals surface area contributed by atoms with E-state index in [1.54, 1.807) is 6.07 Å². The van der Waals surface area contributed by atoms with Crippen LogP contribution in [0.5, 0.6) is 5.75 Å². The lowest BCUT2D eigenvalue weighted by molar-refractivity contribution is -0.138. The molecule has 2 aromatic carbocycles. The average molecular weight is 509 g/mol. The van der Waals surface area contributed by atoms with Gasteiger partial charge >= 0.3 is 0 Å².